The van der Waals surface area contributed by atoms with E-state index in [1.807, 2.05) is 6.07 Å². The average Bonchev–Trinajstić information content (AvgIpc) is 3.07. The molecule has 0 saturated carbocycles. The molecule has 0 radical (unpaired) electrons. The summed E-state index contributed by atoms with van der Waals surface area (Å²) in [6.07, 6.45) is 2.33. The Balaban J connectivity index is 1.74. The molecule has 3 rings (SSSR count). The fourth-order valence-corrected chi connectivity index (χ4v) is 5.55. The zero-order valence-electron chi connectivity index (χ0n) is 15.0. The van der Waals surface area contributed by atoms with Crippen LogP contribution in [0, 0.1) is 0 Å². The zero-order chi connectivity index (χ0) is 19.2. The highest BCUT2D eigenvalue weighted by atomic mass is 32.2. The van der Waals surface area contributed by atoms with Gasteiger partial charge in [0.2, 0.25) is 5.91 Å². The number of hydrogen-bond donors (Lipinski definition) is 1. The molecule has 0 spiro atoms. The van der Waals surface area contributed by atoms with Gasteiger partial charge in [-0.15, -0.1) is 10.2 Å². The van der Waals surface area contributed by atoms with E-state index in [1.165, 1.54) is 25.8 Å². The molecule has 2 aromatic heterocycles. The van der Waals surface area contributed by atoms with Crippen LogP contribution in [0.1, 0.15) is 32.3 Å². The Morgan fingerprint density at radius 2 is 2.00 bits per heavy atom. The summed E-state index contributed by atoms with van der Waals surface area (Å²) >= 11 is 4.86. The summed E-state index contributed by atoms with van der Waals surface area (Å²) in [6, 6.07) is 6.82. The number of fused-ring (bicyclic) bond motifs is 1. The molecule has 0 bridgehead atoms. The van der Waals surface area contributed by atoms with Crippen molar-refractivity contribution in [1.82, 2.24) is 10.2 Å². The van der Waals surface area contributed by atoms with Gasteiger partial charge in [0, 0.05) is 41.6 Å². The molecule has 9 heteroatoms. The van der Waals surface area contributed by atoms with Gasteiger partial charge in [0.05, 0.1) is 0 Å². The molecule has 1 aromatic carbocycles. The van der Waals surface area contributed by atoms with Crippen LogP contribution in [0.5, 0.6) is 0 Å². The second kappa shape index (κ2) is 9.38. The number of nitrogens with one attached hydrogen (secondary N) is 1. The Bertz CT molecular complexity index is 1000. The van der Waals surface area contributed by atoms with E-state index in [1.54, 1.807) is 47.0 Å². The van der Waals surface area contributed by atoms with Crippen LogP contribution < -0.4 is 10.9 Å². The van der Waals surface area contributed by atoms with Gasteiger partial charge in [0.1, 0.15) is 5.58 Å². The number of benzene rings is 1. The third kappa shape index (κ3) is 5.57. The van der Waals surface area contributed by atoms with Crippen LogP contribution in [0.3, 0.4) is 0 Å². The second-order valence-electron chi connectivity index (χ2n) is 5.81. The van der Waals surface area contributed by atoms with Gasteiger partial charge in [0.25, 0.3) is 0 Å². The summed E-state index contributed by atoms with van der Waals surface area (Å²) in [5.41, 5.74) is 1.51. The number of unbranched alkanes of at least 4 members (excludes halogenated alkanes) is 1. The van der Waals surface area contributed by atoms with Crippen molar-refractivity contribution in [1.29, 1.82) is 0 Å². The van der Waals surface area contributed by atoms with Gasteiger partial charge < -0.3 is 9.73 Å². The summed E-state index contributed by atoms with van der Waals surface area (Å²) < 4.78 is 7.15. The molecule has 0 atom stereocenters. The number of thioether (sulfide) groups is 2. The smallest absolute Gasteiger partial charge is 0.336 e. The number of carbonyl (C=O) groups is 1. The zero-order valence-corrected chi connectivity index (χ0v) is 17.4. The van der Waals surface area contributed by atoms with Crippen molar-refractivity contribution in [3.8, 4) is 0 Å². The molecule has 0 unspecified atom stereocenters. The first-order chi connectivity index (χ1) is 13.0. The average molecular weight is 422 g/mol. The number of anilines is 1. The molecule has 2 heterocycles. The summed E-state index contributed by atoms with van der Waals surface area (Å²) in [4.78, 5) is 23.1. The lowest BCUT2D eigenvalue weighted by Gasteiger charge is -2.06. The maximum absolute atomic E-state index is 11.9. The predicted molar refractivity (Wildman–Crippen MR) is 112 cm³/mol. The number of rotatable bonds is 8. The molecule has 1 amide bonds. The third-order valence-corrected chi connectivity index (χ3v) is 6.94. The van der Waals surface area contributed by atoms with E-state index in [9.17, 15) is 9.59 Å². The van der Waals surface area contributed by atoms with Gasteiger partial charge in [-0.2, -0.15) is 0 Å². The highest BCUT2D eigenvalue weighted by Gasteiger charge is 2.10. The molecule has 0 aliphatic carbocycles. The first-order valence-electron chi connectivity index (χ1n) is 8.48. The number of carbonyl (C=O) groups excluding carboxylic acids is 1. The number of hydrogen-bond acceptors (Lipinski definition) is 8. The van der Waals surface area contributed by atoms with E-state index in [0.29, 0.717) is 17.0 Å². The largest absolute Gasteiger partial charge is 0.423 e. The standard InChI is InChI=1S/C18H19N3O3S3/c1-3-4-7-25-17-20-21-18(27-17)26-10-12-8-16(23)24-15-9-13(19-11(2)22)5-6-14(12)15/h5-6,8-9H,3-4,7,10H2,1-2H3,(H,19,22). The first-order valence-corrected chi connectivity index (χ1v) is 11.3. The van der Waals surface area contributed by atoms with E-state index in [-0.39, 0.29) is 5.91 Å². The van der Waals surface area contributed by atoms with Crippen molar-refractivity contribution >= 4 is 57.4 Å². The molecule has 0 fully saturated rings. The Labute approximate surface area is 169 Å². The SMILES string of the molecule is CCCCSc1nnc(SCc2cc(=O)oc3cc(NC(C)=O)ccc23)s1. The number of amides is 1. The predicted octanol–water partition coefficient (Wildman–Crippen LogP) is 4.79. The molecule has 1 N–H and O–H groups in total. The Morgan fingerprint density at radius 1 is 1.22 bits per heavy atom. The Kier molecular flexibility index (Phi) is 6.92. The maximum Gasteiger partial charge on any atom is 0.336 e. The molecule has 3 aromatic rings. The van der Waals surface area contributed by atoms with Crippen LogP contribution in [-0.2, 0) is 10.5 Å². The van der Waals surface area contributed by atoms with Crippen LogP contribution in [0.2, 0.25) is 0 Å². The van der Waals surface area contributed by atoms with Gasteiger partial charge in [0.15, 0.2) is 8.68 Å². The summed E-state index contributed by atoms with van der Waals surface area (Å²) in [6.45, 7) is 3.60. The van der Waals surface area contributed by atoms with Crippen LogP contribution in [-0.4, -0.2) is 21.9 Å². The quantitative estimate of drug-likeness (QED) is 0.318. The van der Waals surface area contributed by atoms with Gasteiger partial charge in [-0.25, -0.2) is 4.79 Å². The Morgan fingerprint density at radius 3 is 2.74 bits per heavy atom. The lowest BCUT2D eigenvalue weighted by atomic mass is 10.1. The normalized spacial score (nSPS) is 11.0. The summed E-state index contributed by atoms with van der Waals surface area (Å²) in [7, 11) is 0. The summed E-state index contributed by atoms with van der Waals surface area (Å²) in [5.74, 6) is 1.47. The Hall–Kier alpha value is -1.84. The molecular weight excluding hydrogens is 402 g/mol. The highest BCUT2D eigenvalue weighted by Crippen LogP contribution is 2.32. The van der Waals surface area contributed by atoms with Crippen molar-refractivity contribution in [3.63, 3.8) is 0 Å². The first kappa shape index (κ1) is 19.9. The lowest BCUT2D eigenvalue weighted by molar-refractivity contribution is -0.114. The minimum absolute atomic E-state index is 0.174. The van der Waals surface area contributed by atoms with Gasteiger partial charge in [-0.05, 0) is 24.1 Å². The molecule has 0 aliphatic rings. The van der Waals surface area contributed by atoms with Crippen molar-refractivity contribution in [3.05, 3.63) is 40.2 Å². The monoisotopic (exact) mass is 421 g/mol. The van der Waals surface area contributed by atoms with Gasteiger partial charge in [-0.1, -0.05) is 48.2 Å². The van der Waals surface area contributed by atoms with Crippen molar-refractivity contribution in [2.45, 2.75) is 41.1 Å². The topological polar surface area (TPSA) is 85.1 Å². The van der Waals surface area contributed by atoms with Gasteiger partial charge >= 0.3 is 5.63 Å². The molecule has 142 valence electrons. The van der Waals surface area contributed by atoms with Crippen LogP contribution in [0.15, 0.2) is 42.2 Å². The van der Waals surface area contributed by atoms with E-state index in [4.69, 9.17) is 4.42 Å². The second-order valence-corrected chi connectivity index (χ2v) is 9.35. The molecule has 0 saturated heterocycles. The van der Waals surface area contributed by atoms with E-state index in [2.05, 4.69) is 22.4 Å². The fraction of sp³-hybridized carbons (Fsp3) is 0.333. The van der Waals surface area contributed by atoms with E-state index in [0.717, 1.165) is 25.4 Å². The van der Waals surface area contributed by atoms with E-state index >= 15 is 0 Å². The summed E-state index contributed by atoms with van der Waals surface area (Å²) in [5, 5.41) is 12.0. The van der Waals surface area contributed by atoms with Crippen LogP contribution in [0.4, 0.5) is 5.69 Å². The molecule has 0 aliphatic heterocycles. The lowest BCUT2D eigenvalue weighted by Crippen LogP contribution is -2.06. The van der Waals surface area contributed by atoms with E-state index < -0.39 is 5.63 Å². The number of aromatic nitrogens is 2. The molecular formula is C18H19N3O3S3. The van der Waals surface area contributed by atoms with Crippen LogP contribution in [0.25, 0.3) is 11.0 Å². The minimum atomic E-state index is -0.411. The van der Waals surface area contributed by atoms with Crippen molar-refractivity contribution in [2.75, 3.05) is 11.1 Å². The van der Waals surface area contributed by atoms with Gasteiger partial charge in [-0.3, -0.25) is 4.79 Å². The van der Waals surface area contributed by atoms with Crippen molar-refractivity contribution < 1.29 is 9.21 Å². The fourth-order valence-electron chi connectivity index (χ4n) is 2.39. The highest BCUT2D eigenvalue weighted by molar-refractivity contribution is 8.02. The van der Waals surface area contributed by atoms with Crippen molar-refractivity contribution in [2.24, 2.45) is 0 Å². The number of nitrogens with zero attached hydrogens (tertiary/aromatic N) is 2. The maximum atomic E-state index is 11.9. The molecule has 27 heavy (non-hydrogen) atoms. The third-order valence-electron chi connectivity index (χ3n) is 3.61. The van der Waals surface area contributed by atoms with Crippen LogP contribution >= 0.6 is 34.9 Å². The molecule has 6 nitrogen and oxygen atoms in total. The minimum Gasteiger partial charge on any atom is -0.423 e.